The SMILES string of the molecule is Cc1cccc(CSCC(=O)NC2(C(=O)O)CCSC2)c1. The van der Waals surface area contributed by atoms with Gasteiger partial charge in [-0.25, -0.2) is 4.79 Å². The van der Waals surface area contributed by atoms with Crippen molar-refractivity contribution < 1.29 is 14.7 Å². The Morgan fingerprint density at radius 1 is 1.48 bits per heavy atom. The Bertz CT molecular complexity index is 527. The monoisotopic (exact) mass is 325 g/mol. The number of carboxylic acids is 1. The van der Waals surface area contributed by atoms with Gasteiger partial charge in [0.15, 0.2) is 0 Å². The molecule has 1 saturated heterocycles. The fourth-order valence-electron chi connectivity index (χ4n) is 2.25. The lowest BCUT2D eigenvalue weighted by Gasteiger charge is -2.24. The summed E-state index contributed by atoms with van der Waals surface area (Å²) >= 11 is 3.08. The highest BCUT2D eigenvalue weighted by Gasteiger charge is 2.43. The number of aliphatic carboxylic acids is 1. The van der Waals surface area contributed by atoms with Gasteiger partial charge >= 0.3 is 5.97 Å². The van der Waals surface area contributed by atoms with E-state index in [4.69, 9.17) is 0 Å². The number of hydrogen-bond acceptors (Lipinski definition) is 4. The summed E-state index contributed by atoms with van der Waals surface area (Å²) in [6, 6.07) is 8.16. The molecule has 114 valence electrons. The number of benzene rings is 1. The number of carbonyl (C=O) groups excluding carboxylic acids is 1. The summed E-state index contributed by atoms with van der Waals surface area (Å²) < 4.78 is 0. The topological polar surface area (TPSA) is 66.4 Å². The molecular weight excluding hydrogens is 306 g/mol. The maximum absolute atomic E-state index is 12.0. The highest BCUT2D eigenvalue weighted by molar-refractivity contribution is 7.99. The number of hydrogen-bond donors (Lipinski definition) is 2. The fourth-order valence-corrected chi connectivity index (χ4v) is 4.35. The Balaban J connectivity index is 1.81. The molecule has 0 aromatic heterocycles. The first-order valence-electron chi connectivity index (χ1n) is 6.77. The lowest BCUT2D eigenvalue weighted by atomic mass is 9.99. The standard InChI is InChI=1S/C15H19NO3S2/c1-11-3-2-4-12(7-11)8-21-9-13(17)16-15(14(18)19)5-6-20-10-15/h2-4,7H,5-6,8-10H2,1H3,(H,16,17)(H,18,19). The predicted octanol–water partition coefficient (Wildman–Crippen LogP) is 2.30. The quantitative estimate of drug-likeness (QED) is 0.840. The van der Waals surface area contributed by atoms with E-state index >= 15 is 0 Å². The van der Waals surface area contributed by atoms with Gasteiger partial charge < -0.3 is 10.4 Å². The summed E-state index contributed by atoms with van der Waals surface area (Å²) in [6.45, 7) is 2.04. The first-order valence-corrected chi connectivity index (χ1v) is 9.08. The van der Waals surface area contributed by atoms with Crippen molar-refractivity contribution >= 4 is 35.4 Å². The molecule has 1 amide bonds. The van der Waals surface area contributed by atoms with E-state index in [2.05, 4.69) is 11.4 Å². The largest absolute Gasteiger partial charge is 0.479 e. The van der Waals surface area contributed by atoms with Crippen molar-refractivity contribution in [2.24, 2.45) is 0 Å². The molecule has 0 saturated carbocycles. The Hall–Kier alpha value is -1.14. The molecule has 0 radical (unpaired) electrons. The highest BCUT2D eigenvalue weighted by atomic mass is 32.2. The van der Waals surface area contributed by atoms with E-state index in [9.17, 15) is 14.7 Å². The average molecular weight is 325 g/mol. The summed E-state index contributed by atoms with van der Waals surface area (Å²) in [4.78, 5) is 23.3. The van der Waals surface area contributed by atoms with Crippen molar-refractivity contribution in [3.8, 4) is 0 Å². The van der Waals surface area contributed by atoms with Gasteiger partial charge in [-0.1, -0.05) is 29.8 Å². The van der Waals surface area contributed by atoms with Gasteiger partial charge in [0.2, 0.25) is 5.91 Å². The van der Waals surface area contributed by atoms with Crippen LogP contribution >= 0.6 is 23.5 Å². The highest BCUT2D eigenvalue weighted by Crippen LogP contribution is 2.28. The van der Waals surface area contributed by atoms with Crippen molar-refractivity contribution in [3.05, 3.63) is 35.4 Å². The maximum Gasteiger partial charge on any atom is 0.330 e. The number of carbonyl (C=O) groups is 2. The van der Waals surface area contributed by atoms with Crippen molar-refractivity contribution in [3.63, 3.8) is 0 Å². The van der Waals surface area contributed by atoms with Crippen LogP contribution in [0.4, 0.5) is 0 Å². The second-order valence-electron chi connectivity index (χ2n) is 5.22. The molecule has 4 nitrogen and oxygen atoms in total. The smallest absolute Gasteiger partial charge is 0.330 e. The summed E-state index contributed by atoms with van der Waals surface area (Å²) in [7, 11) is 0. The molecule has 6 heteroatoms. The first-order chi connectivity index (χ1) is 10.0. The van der Waals surface area contributed by atoms with E-state index in [0.717, 1.165) is 11.5 Å². The molecule has 21 heavy (non-hydrogen) atoms. The minimum absolute atomic E-state index is 0.197. The van der Waals surface area contributed by atoms with Gasteiger partial charge in [-0.3, -0.25) is 4.79 Å². The molecule has 0 bridgehead atoms. The van der Waals surface area contributed by atoms with Crippen LogP contribution in [0.25, 0.3) is 0 Å². The van der Waals surface area contributed by atoms with Crippen LogP contribution in [0.15, 0.2) is 24.3 Å². The first kappa shape index (κ1) is 16.2. The number of rotatable bonds is 6. The molecule has 2 N–H and O–H groups in total. The van der Waals surface area contributed by atoms with Gasteiger partial charge in [-0.05, 0) is 24.7 Å². The van der Waals surface area contributed by atoms with E-state index in [0.29, 0.717) is 12.2 Å². The zero-order valence-corrected chi connectivity index (χ0v) is 13.6. The van der Waals surface area contributed by atoms with Gasteiger partial charge in [-0.15, -0.1) is 11.8 Å². The number of nitrogens with one attached hydrogen (secondary N) is 1. The Morgan fingerprint density at radius 2 is 2.29 bits per heavy atom. The minimum atomic E-state index is -1.06. The van der Waals surface area contributed by atoms with Crippen LogP contribution in [-0.4, -0.2) is 39.8 Å². The van der Waals surface area contributed by atoms with Crippen LogP contribution in [-0.2, 0) is 15.3 Å². The van der Waals surface area contributed by atoms with Crippen LogP contribution in [0.5, 0.6) is 0 Å². The molecule has 1 atom stereocenters. The Kier molecular flexibility index (Phi) is 5.58. The van der Waals surface area contributed by atoms with E-state index in [-0.39, 0.29) is 11.7 Å². The zero-order valence-electron chi connectivity index (χ0n) is 11.9. The fraction of sp³-hybridized carbons (Fsp3) is 0.467. The zero-order chi connectivity index (χ0) is 15.3. The molecule has 1 aliphatic heterocycles. The van der Waals surface area contributed by atoms with Crippen LogP contribution in [0.1, 0.15) is 17.5 Å². The summed E-state index contributed by atoms with van der Waals surface area (Å²) in [5.74, 6) is 1.15. The van der Waals surface area contributed by atoms with Crippen molar-refractivity contribution in [1.82, 2.24) is 5.32 Å². The van der Waals surface area contributed by atoms with Gasteiger partial charge in [0.1, 0.15) is 5.54 Å². The Labute approximate surface area is 133 Å². The van der Waals surface area contributed by atoms with E-state index in [1.165, 1.54) is 22.9 Å². The number of aryl methyl sites for hydroxylation is 1. The molecule has 0 aliphatic carbocycles. The van der Waals surface area contributed by atoms with Crippen molar-refractivity contribution in [1.29, 1.82) is 0 Å². The second kappa shape index (κ2) is 7.22. The summed E-state index contributed by atoms with van der Waals surface area (Å²) in [5, 5.41) is 12.0. The molecule has 0 spiro atoms. The predicted molar refractivity (Wildman–Crippen MR) is 87.8 cm³/mol. The molecule has 1 unspecified atom stereocenters. The van der Waals surface area contributed by atoms with E-state index in [1.807, 2.05) is 25.1 Å². The molecule has 1 fully saturated rings. The van der Waals surface area contributed by atoms with Crippen molar-refractivity contribution in [2.75, 3.05) is 17.3 Å². The van der Waals surface area contributed by atoms with Gasteiger partial charge in [-0.2, -0.15) is 11.8 Å². The van der Waals surface area contributed by atoms with Crippen LogP contribution < -0.4 is 5.32 Å². The normalized spacial score (nSPS) is 21.2. The second-order valence-corrected chi connectivity index (χ2v) is 7.31. The average Bonchev–Trinajstić information content (AvgIpc) is 2.88. The van der Waals surface area contributed by atoms with Crippen LogP contribution in [0, 0.1) is 6.92 Å². The van der Waals surface area contributed by atoms with Gasteiger partial charge in [0, 0.05) is 11.5 Å². The molecular formula is C15H19NO3S2. The third-order valence-corrected chi connectivity index (χ3v) is 5.59. The number of thioether (sulfide) groups is 2. The number of carboxylic acid groups (broad SMARTS) is 1. The molecule has 1 aromatic rings. The Morgan fingerprint density at radius 3 is 2.90 bits per heavy atom. The summed E-state index contributed by atoms with van der Waals surface area (Å²) in [5.41, 5.74) is 1.31. The van der Waals surface area contributed by atoms with E-state index in [1.54, 1.807) is 11.8 Å². The molecule has 2 rings (SSSR count). The van der Waals surface area contributed by atoms with E-state index < -0.39 is 11.5 Å². The number of amides is 1. The van der Waals surface area contributed by atoms with Crippen LogP contribution in [0.3, 0.4) is 0 Å². The molecule has 1 aromatic carbocycles. The lowest BCUT2D eigenvalue weighted by Crippen LogP contribution is -2.55. The third kappa shape index (κ3) is 4.41. The van der Waals surface area contributed by atoms with Crippen LogP contribution in [0.2, 0.25) is 0 Å². The van der Waals surface area contributed by atoms with Crippen molar-refractivity contribution in [2.45, 2.75) is 24.6 Å². The van der Waals surface area contributed by atoms with Gasteiger partial charge in [0.05, 0.1) is 5.75 Å². The maximum atomic E-state index is 12.0. The third-order valence-electron chi connectivity index (χ3n) is 3.39. The van der Waals surface area contributed by atoms with Gasteiger partial charge in [0.25, 0.3) is 0 Å². The molecule has 1 aliphatic rings. The lowest BCUT2D eigenvalue weighted by molar-refractivity contribution is -0.146. The summed E-state index contributed by atoms with van der Waals surface area (Å²) in [6.07, 6.45) is 0.501. The minimum Gasteiger partial charge on any atom is -0.479 e. The molecule has 1 heterocycles.